The SMILES string of the molecule is C=COc1c(CCl)ccc(C)c1C. The molecule has 0 aliphatic heterocycles. The van der Waals surface area contributed by atoms with E-state index in [1.165, 1.54) is 11.8 Å². The second-order valence-electron chi connectivity index (χ2n) is 2.91. The van der Waals surface area contributed by atoms with Crippen LogP contribution in [0.1, 0.15) is 16.7 Å². The Kier molecular flexibility index (Phi) is 3.38. The highest BCUT2D eigenvalue weighted by atomic mass is 35.5. The minimum Gasteiger partial charge on any atom is -0.465 e. The number of halogens is 1. The lowest BCUT2D eigenvalue weighted by molar-refractivity contribution is 0.474. The lowest BCUT2D eigenvalue weighted by Crippen LogP contribution is -1.93. The van der Waals surface area contributed by atoms with Crippen molar-refractivity contribution in [1.29, 1.82) is 0 Å². The molecule has 0 unspecified atom stereocenters. The van der Waals surface area contributed by atoms with Crippen LogP contribution in [0, 0.1) is 13.8 Å². The van der Waals surface area contributed by atoms with Gasteiger partial charge >= 0.3 is 0 Å². The minimum absolute atomic E-state index is 0.463. The first-order valence-electron chi connectivity index (χ1n) is 4.13. The number of benzene rings is 1. The van der Waals surface area contributed by atoms with Gasteiger partial charge in [0.2, 0.25) is 0 Å². The monoisotopic (exact) mass is 196 g/mol. The third kappa shape index (κ3) is 2.04. The van der Waals surface area contributed by atoms with Crippen molar-refractivity contribution < 1.29 is 4.74 Å². The summed E-state index contributed by atoms with van der Waals surface area (Å²) in [6.45, 7) is 7.60. The Morgan fingerprint density at radius 1 is 1.46 bits per heavy atom. The first-order valence-corrected chi connectivity index (χ1v) is 4.66. The van der Waals surface area contributed by atoms with Gasteiger partial charge in [-0.1, -0.05) is 18.7 Å². The molecule has 1 aromatic rings. The molecule has 0 fully saturated rings. The molecule has 0 saturated carbocycles. The summed E-state index contributed by atoms with van der Waals surface area (Å²) in [5.41, 5.74) is 3.33. The second-order valence-corrected chi connectivity index (χ2v) is 3.18. The van der Waals surface area contributed by atoms with Crippen molar-refractivity contribution in [2.75, 3.05) is 0 Å². The molecule has 0 aliphatic carbocycles. The van der Waals surface area contributed by atoms with Crippen molar-refractivity contribution in [1.82, 2.24) is 0 Å². The molecule has 0 radical (unpaired) electrons. The first kappa shape index (κ1) is 10.1. The molecule has 0 aromatic heterocycles. The predicted octanol–water partition coefficient (Wildman–Crippen LogP) is 3.56. The maximum absolute atomic E-state index is 5.78. The van der Waals surface area contributed by atoms with Gasteiger partial charge in [0.1, 0.15) is 5.75 Å². The number of hydrogen-bond donors (Lipinski definition) is 0. The Morgan fingerprint density at radius 3 is 2.69 bits per heavy atom. The summed E-state index contributed by atoms with van der Waals surface area (Å²) in [5, 5.41) is 0. The Hall–Kier alpha value is -0.950. The minimum atomic E-state index is 0.463. The number of alkyl halides is 1. The van der Waals surface area contributed by atoms with Gasteiger partial charge in [-0.05, 0) is 25.0 Å². The van der Waals surface area contributed by atoms with Gasteiger partial charge in [0, 0.05) is 5.56 Å². The first-order chi connectivity index (χ1) is 6.20. The van der Waals surface area contributed by atoms with Crippen LogP contribution in [-0.2, 0) is 5.88 Å². The Balaban J connectivity index is 3.23. The zero-order valence-electron chi connectivity index (χ0n) is 7.93. The fraction of sp³-hybridized carbons (Fsp3) is 0.273. The summed E-state index contributed by atoms with van der Waals surface area (Å²) in [6, 6.07) is 4.02. The fourth-order valence-corrected chi connectivity index (χ4v) is 1.41. The molecule has 70 valence electrons. The van der Waals surface area contributed by atoms with Gasteiger partial charge in [-0.15, -0.1) is 11.6 Å². The van der Waals surface area contributed by atoms with Crippen LogP contribution >= 0.6 is 11.6 Å². The molecule has 0 heterocycles. The van der Waals surface area contributed by atoms with Gasteiger partial charge in [-0.3, -0.25) is 0 Å². The average Bonchev–Trinajstić information content (AvgIpc) is 2.14. The number of rotatable bonds is 3. The molecule has 0 spiro atoms. The summed E-state index contributed by atoms with van der Waals surface area (Å²) in [5.74, 6) is 1.30. The Labute approximate surface area is 84.0 Å². The summed E-state index contributed by atoms with van der Waals surface area (Å²) in [6.07, 6.45) is 1.43. The molecule has 1 aromatic carbocycles. The van der Waals surface area contributed by atoms with Crippen LogP contribution in [0.2, 0.25) is 0 Å². The molecule has 1 rings (SSSR count). The summed E-state index contributed by atoms with van der Waals surface area (Å²) in [7, 11) is 0. The molecule has 0 bridgehead atoms. The molecule has 0 aliphatic rings. The quantitative estimate of drug-likeness (QED) is 0.531. The molecule has 2 heteroatoms. The highest BCUT2D eigenvalue weighted by Crippen LogP contribution is 2.27. The van der Waals surface area contributed by atoms with E-state index in [0.717, 1.165) is 16.9 Å². The summed E-state index contributed by atoms with van der Waals surface area (Å²) < 4.78 is 5.32. The molecular formula is C11H13ClO. The van der Waals surface area contributed by atoms with Crippen molar-refractivity contribution in [2.45, 2.75) is 19.7 Å². The maximum Gasteiger partial charge on any atom is 0.134 e. The van der Waals surface area contributed by atoms with Gasteiger partial charge in [-0.25, -0.2) is 0 Å². The third-order valence-corrected chi connectivity index (χ3v) is 2.39. The topological polar surface area (TPSA) is 9.23 Å². The standard InChI is InChI=1S/C11H13ClO/c1-4-13-11-9(3)8(2)5-6-10(11)7-12/h4-6H,1,7H2,2-3H3. The Bertz CT molecular complexity index is 318. The second kappa shape index (κ2) is 4.33. The van der Waals surface area contributed by atoms with E-state index < -0.39 is 0 Å². The van der Waals surface area contributed by atoms with E-state index in [2.05, 4.69) is 6.58 Å². The smallest absolute Gasteiger partial charge is 0.134 e. The lowest BCUT2D eigenvalue weighted by atomic mass is 10.1. The van der Waals surface area contributed by atoms with Crippen LogP contribution < -0.4 is 4.74 Å². The van der Waals surface area contributed by atoms with Gasteiger partial charge in [0.05, 0.1) is 12.1 Å². The van der Waals surface area contributed by atoms with Crippen LogP contribution in [0.15, 0.2) is 25.0 Å². The van der Waals surface area contributed by atoms with Gasteiger partial charge in [-0.2, -0.15) is 0 Å². The maximum atomic E-state index is 5.78. The van der Waals surface area contributed by atoms with Crippen LogP contribution in [0.5, 0.6) is 5.75 Å². The van der Waals surface area contributed by atoms with E-state index in [4.69, 9.17) is 16.3 Å². The zero-order chi connectivity index (χ0) is 9.84. The highest BCUT2D eigenvalue weighted by Gasteiger charge is 2.07. The largest absolute Gasteiger partial charge is 0.465 e. The van der Waals surface area contributed by atoms with E-state index in [0.29, 0.717) is 5.88 Å². The number of ether oxygens (including phenoxy) is 1. The van der Waals surface area contributed by atoms with Crippen LogP contribution in [0.3, 0.4) is 0 Å². The summed E-state index contributed by atoms with van der Waals surface area (Å²) in [4.78, 5) is 0. The van der Waals surface area contributed by atoms with E-state index in [1.54, 1.807) is 0 Å². The van der Waals surface area contributed by atoms with Crippen LogP contribution in [-0.4, -0.2) is 0 Å². The third-order valence-electron chi connectivity index (χ3n) is 2.10. The summed E-state index contributed by atoms with van der Waals surface area (Å²) >= 11 is 5.78. The molecular weight excluding hydrogens is 184 g/mol. The zero-order valence-corrected chi connectivity index (χ0v) is 8.69. The van der Waals surface area contributed by atoms with Crippen molar-refractivity contribution >= 4 is 11.6 Å². The highest BCUT2D eigenvalue weighted by molar-refractivity contribution is 6.17. The van der Waals surface area contributed by atoms with Gasteiger partial charge in [0.25, 0.3) is 0 Å². The molecule has 0 saturated heterocycles. The van der Waals surface area contributed by atoms with Crippen molar-refractivity contribution in [3.63, 3.8) is 0 Å². The van der Waals surface area contributed by atoms with E-state index in [-0.39, 0.29) is 0 Å². The Morgan fingerprint density at radius 2 is 2.15 bits per heavy atom. The van der Waals surface area contributed by atoms with E-state index in [1.807, 2.05) is 26.0 Å². The lowest BCUT2D eigenvalue weighted by Gasteiger charge is -2.11. The number of aryl methyl sites for hydroxylation is 1. The van der Waals surface area contributed by atoms with Crippen LogP contribution in [0.4, 0.5) is 0 Å². The number of hydrogen-bond acceptors (Lipinski definition) is 1. The molecule has 13 heavy (non-hydrogen) atoms. The average molecular weight is 197 g/mol. The molecule has 0 N–H and O–H groups in total. The molecule has 0 atom stereocenters. The normalized spacial score (nSPS) is 9.77. The predicted molar refractivity (Wildman–Crippen MR) is 56.3 cm³/mol. The fourth-order valence-electron chi connectivity index (χ4n) is 1.20. The van der Waals surface area contributed by atoms with E-state index in [9.17, 15) is 0 Å². The van der Waals surface area contributed by atoms with Crippen LogP contribution in [0.25, 0.3) is 0 Å². The van der Waals surface area contributed by atoms with Crippen molar-refractivity contribution in [2.24, 2.45) is 0 Å². The van der Waals surface area contributed by atoms with Gasteiger partial charge in [0.15, 0.2) is 0 Å². The molecule has 0 amide bonds. The molecule has 1 nitrogen and oxygen atoms in total. The van der Waals surface area contributed by atoms with E-state index >= 15 is 0 Å². The van der Waals surface area contributed by atoms with Gasteiger partial charge < -0.3 is 4.74 Å². The van der Waals surface area contributed by atoms with Crippen molar-refractivity contribution in [3.8, 4) is 5.75 Å². The van der Waals surface area contributed by atoms with Crippen molar-refractivity contribution in [3.05, 3.63) is 41.7 Å².